The van der Waals surface area contributed by atoms with Crippen molar-refractivity contribution in [1.82, 2.24) is 9.88 Å². The van der Waals surface area contributed by atoms with Gasteiger partial charge in [-0.2, -0.15) is 0 Å². The van der Waals surface area contributed by atoms with E-state index in [1.165, 1.54) is 0 Å². The predicted molar refractivity (Wildman–Crippen MR) is 91.3 cm³/mol. The summed E-state index contributed by atoms with van der Waals surface area (Å²) < 4.78 is 17.8. The van der Waals surface area contributed by atoms with Gasteiger partial charge in [-0.25, -0.2) is 4.98 Å². The maximum absolute atomic E-state index is 11.6. The van der Waals surface area contributed by atoms with Crippen LogP contribution in [-0.2, 0) is 14.1 Å². The molecule has 0 radical (unpaired) electrons. The Kier molecular flexibility index (Phi) is 4.57. The number of hydrogen-bond donors (Lipinski definition) is 0. The second-order valence-corrected chi connectivity index (χ2v) is 7.35. The summed E-state index contributed by atoms with van der Waals surface area (Å²) in [7, 11) is -0.430. The van der Waals surface area contributed by atoms with E-state index in [1.54, 1.807) is 6.20 Å². The van der Waals surface area contributed by atoms with E-state index in [4.69, 9.17) is 14.0 Å². The van der Waals surface area contributed by atoms with Crippen molar-refractivity contribution in [2.24, 2.45) is 0 Å². The molecule has 2 fully saturated rings. The first-order chi connectivity index (χ1) is 11.3. The van der Waals surface area contributed by atoms with E-state index in [2.05, 4.69) is 4.98 Å². The molecule has 2 aliphatic rings. The second-order valence-electron chi connectivity index (χ2n) is 7.35. The molecule has 2 saturated heterocycles. The number of amides is 1. The molecule has 1 aromatic heterocycles. The summed E-state index contributed by atoms with van der Waals surface area (Å²) in [5.41, 5.74) is 0.131. The van der Waals surface area contributed by atoms with Crippen molar-refractivity contribution >= 4 is 18.5 Å². The molecule has 2 aliphatic heterocycles. The normalized spacial score (nSPS) is 22.2. The number of ether oxygens (including phenoxy) is 1. The minimum Gasteiger partial charge on any atom is -0.476 e. The highest BCUT2D eigenvalue weighted by Crippen LogP contribution is 2.36. The van der Waals surface area contributed by atoms with Crippen LogP contribution in [0.4, 0.5) is 0 Å². The monoisotopic (exact) mass is 332 g/mol. The Morgan fingerprint density at radius 3 is 2.62 bits per heavy atom. The number of likely N-dealkylation sites (tertiary alicyclic amines) is 1. The summed E-state index contributed by atoms with van der Waals surface area (Å²) in [6.45, 7) is 9.96. The third-order valence-corrected chi connectivity index (χ3v) is 5.07. The highest BCUT2D eigenvalue weighted by atomic mass is 16.7. The van der Waals surface area contributed by atoms with Crippen LogP contribution in [0.5, 0.6) is 5.88 Å². The minimum atomic E-state index is -0.430. The van der Waals surface area contributed by atoms with Crippen LogP contribution in [0.25, 0.3) is 0 Å². The van der Waals surface area contributed by atoms with Crippen molar-refractivity contribution in [3.63, 3.8) is 0 Å². The number of carbonyl (C=O) groups is 1. The molecular weight excluding hydrogens is 307 g/mol. The molecule has 3 rings (SSSR count). The summed E-state index contributed by atoms with van der Waals surface area (Å²) in [6.07, 6.45) is 3.28. The number of nitrogens with zero attached hydrogens (tertiary/aromatic N) is 2. The van der Waals surface area contributed by atoms with E-state index in [0.29, 0.717) is 25.5 Å². The quantitative estimate of drug-likeness (QED) is 0.763. The molecule has 6 nitrogen and oxygen atoms in total. The first-order valence-corrected chi connectivity index (χ1v) is 8.51. The lowest BCUT2D eigenvalue weighted by atomic mass is 9.80. The Labute approximate surface area is 143 Å². The van der Waals surface area contributed by atoms with Gasteiger partial charge in [-0.1, -0.05) is 0 Å². The molecule has 3 heterocycles. The van der Waals surface area contributed by atoms with E-state index < -0.39 is 7.12 Å². The standard InChI is InChI=1S/C17H25BN2O4/c1-16(2)17(3,4)24-18(23-16)13-7-8-19-14(12-13)22-11-10-20-9-5-6-15(20)21/h7-8,12H,5-6,9-11H2,1-4H3. The van der Waals surface area contributed by atoms with Crippen LogP contribution in [0.2, 0.25) is 0 Å². The molecule has 1 amide bonds. The zero-order chi connectivity index (χ0) is 17.4. The van der Waals surface area contributed by atoms with Crippen molar-refractivity contribution < 1.29 is 18.8 Å². The zero-order valence-corrected chi connectivity index (χ0v) is 14.9. The van der Waals surface area contributed by atoms with Crippen LogP contribution >= 0.6 is 0 Å². The summed E-state index contributed by atoms with van der Waals surface area (Å²) in [6, 6.07) is 3.72. The van der Waals surface area contributed by atoms with E-state index in [0.717, 1.165) is 18.4 Å². The first kappa shape index (κ1) is 17.2. The molecule has 7 heteroatoms. The van der Waals surface area contributed by atoms with Gasteiger partial charge in [0.2, 0.25) is 11.8 Å². The van der Waals surface area contributed by atoms with Crippen molar-refractivity contribution in [3.8, 4) is 5.88 Å². The largest absolute Gasteiger partial charge is 0.495 e. The summed E-state index contributed by atoms with van der Waals surface area (Å²) in [5, 5.41) is 0. The van der Waals surface area contributed by atoms with Gasteiger partial charge in [0, 0.05) is 25.2 Å². The Morgan fingerprint density at radius 2 is 2.00 bits per heavy atom. The number of aromatic nitrogens is 1. The molecule has 0 bridgehead atoms. The van der Waals surface area contributed by atoms with Gasteiger partial charge in [0.05, 0.1) is 17.7 Å². The van der Waals surface area contributed by atoms with Crippen LogP contribution in [0.1, 0.15) is 40.5 Å². The van der Waals surface area contributed by atoms with Crippen LogP contribution in [0.15, 0.2) is 18.3 Å². The molecule has 0 aliphatic carbocycles. The van der Waals surface area contributed by atoms with Crippen molar-refractivity contribution in [1.29, 1.82) is 0 Å². The third kappa shape index (κ3) is 3.42. The Balaban J connectivity index is 1.59. The molecular formula is C17H25BN2O4. The molecule has 0 N–H and O–H groups in total. The van der Waals surface area contributed by atoms with Crippen molar-refractivity contribution in [3.05, 3.63) is 18.3 Å². The average Bonchev–Trinajstić information content (AvgIpc) is 3.00. The number of carbonyl (C=O) groups excluding carboxylic acids is 1. The van der Waals surface area contributed by atoms with Gasteiger partial charge in [-0.15, -0.1) is 0 Å². The van der Waals surface area contributed by atoms with Crippen molar-refractivity contribution in [2.75, 3.05) is 19.7 Å². The highest BCUT2D eigenvalue weighted by molar-refractivity contribution is 6.62. The van der Waals surface area contributed by atoms with Crippen LogP contribution in [-0.4, -0.2) is 53.8 Å². The van der Waals surface area contributed by atoms with Crippen LogP contribution in [0, 0.1) is 0 Å². The molecule has 1 aromatic rings. The Hall–Kier alpha value is -1.60. The van der Waals surface area contributed by atoms with Crippen LogP contribution in [0.3, 0.4) is 0 Å². The Morgan fingerprint density at radius 1 is 1.29 bits per heavy atom. The van der Waals surface area contributed by atoms with Crippen LogP contribution < -0.4 is 10.2 Å². The molecule has 130 valence electrons. The van der Waals surface area contributed by atoms with Gasteiger partial charge in [0.25, 0.3) is 0 Å². The fourth-order valence-corrected chi connectivity index (χ4v) is 2.83. The highest BCUT2D eigenvalue weighted by Gasteiger charge is 2.51. The van der Waals surface area contributed by atoms with E-state index >= 15 is 0 Å². The fourth-order valence-electron chi connectivity index (χ4n) is 2.83. The lowest BCUT2D eigenvalue weighted by molar-refractivity contribution is -0.128. The Bertz CT molecular complexity index is 604. The van der Waals surface area contributed by atoms with E-state index in [1.807, 2.05) is 44.7 Å². The summed E-state index contributed by atoms with van der Waals surface area (Å²) in [4.78, 5) is 17.6. The number of hydrogen-bond acceptors (Lipinski definition) is 5. The van der Waals surface area contributed by atoms with E-state index in [-0.39, 0.29) is 17.1 Å². The topological polar surface area (TPSA) is 60.9 Å². The molecule has 24 heavy (non-hydrogen) atoms. The fraction of sp³-hybridized carbons (Fsp3) is 0.647. The molecule has 0 unspecified atom stereocenters. The SMILES string of the molecule is CC1(C)OB(c2ccnc(OCCN3CCCC3=O)c2)OC1(C)C. The maximum atomic E-state index is 11.6. The summed E-state index contributed by atoms with van der Waals surface area (Å²) >= 11 is 0. The lowest BCUT2D eigenvalue weighted by Gasteiger charge is -2.32. The van der Waals surface area contributed by atoms with Gasteiger partial charge < -0.3 is 18.9 Å². The van der Waals surface area contributed by atoms with Gasteiger partial charge in [0.15, 0.2) is 0 Å². The zero-order valence-electron chi connectivity index (χ0n) is 14.9. The second kappa shape index (κ2) is 6.37. The van der Waals surface area contributed by atoms with Crippen molar-refractivity contribution in [2.45, 2.75) is 51.7 Å². The van der Waals surface area contributed by atoms with E-state index in [9.17, 15) is 4.79 Å². The predicted octanol–water partition coefficient (Wildman–Crippen LogP) is 1.38. The third-order valence-electron chi connectivity index (χ3n) is 5.07. The van der Waals surface area contributed by atoms with Gasteiger partial charge in [0.1, 0.15) is 6.61 Å². The molecule has 0 aromatic carbocycles. The van der Waals surface area contributed by atoms with Gasteiger partial charge >= 0.3 is 7.12 Å². The number of pyridine rings is 1. The number of rotatable bonds is 5. The summed E-state index contributed by atoms with van der Waals surface area (Å²) in [5.74, 6) is 0.728. The molecule has 0 spiro atoms. The lowest BCUT2D eigenvalue weighted by Crippen LogP contribution is -2.41. The van der Waals surface area contributed by atoms with Gasteiger partial charge in [-0.05, 0) is 45.6 Å². The maximum Gasteiger partial charge on any atom is 0.495 e. The average molecular weight is 332 g/mol. The molecule has 0 saturated carbocycles. The smallest absolute Gasteiger partial charge is 0.476 e. The first-order valence-electron chi connectivity index (χ1n) is 8.51. The van der Waals surface area contributed by atoms with Gasteiger partial charge in [-0.3, -0.25) is 4.79 Å². The molecule has 0 atom stereocenters. The minimum absolute atomic E-state index is 0.206.